The quantitative estimate of drug-likeness (QED) is 0.743. The minimum Gasteiger partial charge on any atom is -0.337 e. The van der Waals surface area contributed by atoms with Crippen molar-refractivity contribution in [2.75, 3.05) is 0 Å². The fourth-order valence-electron chi connectivity index (χ4n) is 2.66. The van der Waals surface area contributed by atoms with Gasteiger partial charge in [-0.25, -0.2) is 4.39 Å². The molecule has 0 aliphatic carbocycles. The van der Waals surface area contributed by atoms with Crippen molar-refractivity contribution in [3.63, 3.8) is 0 Å². The molecule has 2 heterocycles. The van der Waals surface area contributed by atoms with Crippen LogP contribution in [0.1, 0.15) is 36.9 Å². The molecule has 0 radical (unpaired) electrons. The third-order valence-electron chi connectivity index (χ3n) is 4.00. The SMILES string of the molecule is Cc1cnn(C[C@@H](C)N[C@H](C)c2nc(-c3ccc(C)c(F)c3)no2)c1. The van der Waals surface area contributed by atoms with Gasteiger partial charge in [-0.1, -0.05) is 17.3 Å². The topological polar surface area (TPSA) is 68.8 Å². The molecule has 0 saturated heterocycles. The Morgan fingerprint density at radius 1 is 1.28 bits per heavy atom. The van der Waals surface area contributed by atoms with Crippen molar-refractivity contribution in [1.29, 1.82) is 0 Å². The average Bonchev–Trinajstić information content (AvgIpc) is 3.19. The summed E-state index contributed by atoms with van der Waals surface area (Å²) >= 11 is 0. The normalized spacial score (nSPS) is 13.8. The van der Waals surface area contributed by atoms with Crippen molar-refractivity contribution in [2.24, 2.45) is 0 Å². The third-order valence-corrected chi connectivity index (χ3v) is 4.00. The molecule has 6 nitrogen and oxygen atoms in total. The number of nitrogens with one attached hydrogen (secondary N) is 1. The molecule has 0 aliphatic rings. The summed E-state index contributed by atoms with van der Waals surface area (Å²) in [4.78, 5) is 4.39. The second-order valence-electron chi connectivity index (χ2n) is 6.45. The Balaban J connectivity index is 1.65. The molecule has 0 amide bonds. The van der Waals surface area contributed by atoms with Crippen LogP contribution in [-0.2, 0) is 6.54 Å². The Bertz CT molecular complexity index is 857. The lowest BCUT2D eigenvalue weighted by atomic mass is 10.1. The number of hydrogen-bond acceptors (Lipinski definition) is 5. The maximum atomic E-state index is 13.7. The first-order chi connectivity index (χ1) is 11.9. The molecule has 2 aromatic heterocycles. The molecule has 0 bridgehead atoms. The lowest BCUT2D eigenvalue weighted by molar-refractivity contribution is 0.316. The summed E-state index contributed by atoms with van der Waals surface area (Å²) in [5.74, 6) is 0.579. The molecule has 1 aromatic carbocycles. The number of nitrogens with zero attached hydrogens (tertiary/aromatic N) is 4. The Kier molecular flexibility index (Phi) is 4.94. The van der Waals surface area contributed by atoms with E-state index in [1.165, 1.54) is 6.07 Å². The van der Waals surface area contributed by atoms with Crippen LogP contribution >= 0.6 is 0 Å². The van der Waals surface area contributed by atoms with Crippen molar-refractivity contribution < 1.29 is 8.91 Å². The summed E-state index contributed by atoms with van der Waals surface area (Å²) in [5.41, 5.74) is 2.32. The van der Waals surface area contributed by atoms with Gasteiger partial charge in [-0.05, 0) is 44.9 Å². The zero-order valence-electron chi connectivity index (χ0n) is 14.8. The minimum atomic E-state index is -0.279. The largest absolute Gasteiger partial charge is 0.337 e. The zero-order valence-corrected chi connectivity index (χ0v) is 14.8. The van der Waals surface area contributed by atoms with E-state index in [1.54, 1.807) is 19.1 Å². The lowest BCUT2D eigenvalue weighted by Crippen LogP contribution is -2.33. The van der Waals surface area contributed by atoms with Crippen LogP contribution < -0.4 is 5.32 Å². The van der Waals surface area contributed by atoms with E-state index < -0.39 is 0 Å². The van der Waals surface area contributed by atoms with Crippen molar-refractivity contribution in [3.8, 4) is 11.4 Å². The first-order valence-electron chi connectivity index (χ1n) is 8.27. The van der Waals surface area contributed by atoms with Crippen LogP contribution in [0.25, 0.3) is 11.4 Å². The summed E-state index contributed by atoms with van der Waals surface area (Å²) in [7, 11) is 0. The number of hydrogen-bond donors (Lipinski definition) is 1. The summed E-state index contributed by atoms with van der Waals surface area (Å²) in [6.45, 7) is 8.49. The number of benzene rings is 1. The first-order valence-corrected chi connectivity index (χ1v) is 8.27. The van der Waals surface area contributed by atoms with Gasteiger partial charge in [0.05, 0.1) is 18.8 Å². The van der Waals surface area contributed by atoms with Crippen molar-refractivity contribution in [1.82, 2.24) is 25.2 Å². The van der Waals surface area contributed by atoms with Gasteiger partial charge in [-0.2, -0.15) is 10.1 Å². The fraction of sp³-hybridized carbons (Fsp3) is 0.389. The number of aromatic nitrogens is 4. The maximum Gasteiger partial charge on any atom is 0.243 e. The van der Waals surface area contributed by atoms with Gasteiger partial charge in [0.2, 0.25) is 11.7 Å². The maximum absolute atomic E-state index is 13.7. The molecule has 1 N–H and O–H groups in total. The first kappa shape index (κ1) is 17.3. The molecule has 0 saturated carbocycles. The van der Waals surface area contributed by atoms with E-state index in [-0.39, 0.29) is 17.9 Å². The molecule has 3 aromatic rings. The van der Waals surface area contributed by atoms with Crippen molar-refractivity contribution in [3.05, 3.63) is 53.4 Å². The van der Waals surface area contributed by atoms with E-state index in [1.807, 2.05) is 30.9 Å². The van der Waals surface area contributed by atoms with Crippen LogP contribution in [0.5, 0.6) is 0 Å². The van der Waals surface area contributed by atoms with Gasteiger partial charge in [0.1, 0.15) is 5.82 Å². The molecule has 3 rings (SSSR count). The minimum absolute atomic E-state index is 0.122. The van der Waals surface area contributed by atoms with Gasteiger partial charge in [-0.15, -0.1) is 0 Å². The van der Waals surface area contributed by atoms with Gasteiger partial charge in [0.25, 0.3) is 0 Å². The summed E-state index contributed by atoms with van der Waals surface area (Å²) in [6, 6.07) is 4.96. The number of aryl methyl sites for hydroxylation is 2. The van der Waals surface area contributed by atoms with Crippen molar-refractivity contribution >= 4 is 0 Å². The van der Waals surface area contributed by atoms with E-state index in [4.69, 9.17) is 4.52 Å². The number of rotatable bonds is 6. The highest BCUT2D eigenvalue weighted by Crippen LogP contribution is 2.21. The Morgan fingerprint density at radius 3 is 2.76 bits per heavy atom. The molecular weight excluding hydrogens is 321 g/mol. The number of halogens is 1. The Labute approximate surface area is 146 Å². The summed E-state index contributed by atoms with van der Waals surface area (Å²) in [5, 5.41) is 11.7. The second kappa shape index (κ2) is 7.14. The fourth-order valence-corrected chi connectivity index (χ4v) is 2.66. The van der Waals surface area contributed by atoms with Gasteiger partial charge in [0, 0.05) is 17.8 Å². The second-order valence-corrected chi connectivity index (χ2v) is 6.45. The Hall–Kier alpha value is -2.54. The molecular formula is C18H22FN5O. The highest BCUT2D eigenvalue weighted by atomic mass is 19.1. The predicted octanol–water partition coefficient (Wildman–Crippen LogP) is 3.43. The van der Waals surface area contributed by atoms with E-state index in [0.29, 0.717) is 22.8 Å². The molecule has 0 spiro atoms. The van der Waals surface area contributed by atoms with E-state index in [0.717, 1.165) is 12.1 Å². The monoisotopic (exact) mass is 343 g/mol. The van der Waals surface area contributed by atoms with Gasteiger partial charge in [-0.3, -0.25) is 4.68 Å². The Morgan fingerprint density at radius 2 is 2.08 bits per heavy atom. The summed E-state index contributed by atoms with van der Waals surface area (Å²) < 4.78 is 20.9. The molecule has 25 heavy (non-hydrogen) atoms. The molecule has 2 atom stereocenters. The molecule has 7 heteroatoms. The third kappa shape index (κ3) is 4.11. The molecule has 0 aliphatic heterocycles. The van der Waals surface area contributed by atoms with Crippen molar-refractivity contribution in [2.45, 2.75) is 46.3 Å². The standard InChI is InChI=1S/C18H22FN5O/c1-11-8-20-24(9-11)10-13(3)21-14(4)18-22-17(23-25-18)15-6-5-12(2)16(19)7-15/h5-9,13-14,21H,10H2,1-4H3/t13-,14-/m1/s1. The smallest absolute Gasteiger partial charge is 0.243 e. The van der Waals surface area contributed by atoms with Crippen LogP contribution in [0.4, 0.5) is 4.39 Å². The molecule has 0 unspecified atom stereocenters. The van der Waals surface area contributed by atoms with Crippen LogP contribution in [0, 0.1) is 19.7 Å². The lowest BCUT2D eigenvalue weighted by Gasteiger charge is -2.17. The van der Waals surface area contributed by atoms with E-state index >= 15 is 0 Å². The molecule has 132 valence electrons. The van der Waals surface area contributed by atoms with E-state index in [9.17, 15) is 4.39 Å². The highest BCUT2D eigenvalue weighted by molar-refractivity contribution is 5.54. The summed E-state index contributed by atoms with van der Waals surface area (Å²) in [6.07, 6.45) is 3.83. The van der Waals surface area contributed by atoms with Crippen LogP contribution in [0.15, 0.2) is 35.1 Å². The average molecular weight is 343 g/mol. The molecule has 0 fully saturated rings. The predicted molar refractivity (Wildman–Crippen MR) is 92.4 cm³/mol. The van der Waals surface area contributed by atoms with Gasteiger partial charge >= 0.3 is 0 Å². The van der Waals surface area contributed by atoms with E-state index in [2.05, 4.69) is 27.5 Å². The van der Waals surface area contributed by atoms with Gasteiger partial charge < -0.3 is 9.84 Å². The highest BCUT2D eigenvalue weighted by Gasteiger charge is 2.18. The van der Waals surface area contributed by atoms with Crippen LogP contribution in [-0.4, -0.2) is 26.0 Å². The zero-order chi connectivity index (χ0) is 18.0. The van der Waals surface area contributed by atoms with Crippen LogP contribution in [0.3, 0.4) is 0 Å². The van der Waals surface area contributed by atoms with Crippen LogP contribution in [0.2, 0.25) is 0 Å². The van der Waals surface area contributed by atoms with Gasteiger partial charge in [0.15, 0.2) is 0 Å².